The van der Waals surface area contributed by atoms with Gasteiger partial charge in [-0.25, -0.2) is 8.42 Å². The van der Waals surface area contributed by atoms with Crippen LogP contribution in [0.2, 0.25) is 5.02 Å². The highest BCUT2D eigenvalue weighted by Gasteiger charge is 2.35. The number of halogens is 1. The topological polar surface area (TPSA) is 88.2 Å². The zero-order valence-corrected chi connectivity index (χ0v) is 19.8. The summed E-state index contributed by atoms with van der Waals surface area (Å²) in [6.07, 6.45) is 2.34. The monoisotopic (exact) mass is 485 g/mol. The summed E-state index contributed by atoms with van der Waals surface area (Å²) < 4.78 is 38.6. The number of carbonyl (C=O) groups excluding carboxylic acids is 1. The SMILES string of the molecule is O=C(NCC(C1CCOC1)N1CCOCC1)C1CCCN(S(=O)(=O)c2ccc(Cl)cc2)C1. The largest absolute Gasteiger partial charge is 0.381 e. The Kier molecular flexibility index (Phi) is 8.07. The Balaban J connectivity index is 1.37. The van der Waals surface area contributed by atoms with Crippen LogP contribution in [0.1, 0.15) is 19.3 Å². The summed E-state index contributed by atoms with van der Waals surface area (Å²) in [5, 5.41) is 3.62. The molecule has 3 atom stereocenters. The van der Waals surface area contributed by atoms with Crippen LogP contribution >= 0.6 is 11.6 Å². The number of carbonyl (C=O) groups is 1. The summed E-state index contributed by atoms with van der Waals surface area (Å²) in [5.41, 5.74) is 0. The van der Waals surface area contributed by atoms with Crippen LogP contribution in [0.4, 0.5) is 0 Å². The lowest BCUT2D eigenvalue weighted by atomic mass is 9.95. The Morgan fingerprint density at radius 1 is 1.09 bits per heavy atom. The zero-order valence-electron chi connectivity index (χ0n) is 18.2. The summed E-state index contributed by atoms with van der Waals surface area (Å²) in [4.78, 5) is 15.6. The molecule has 3 heterocycles. The number of ether oxygens (including phenoxy) is 2. The molecule has 1 aromatic carbocycles. The summed E-state index contributed by atoms with van der Waals surface area (Å²) in [5.74, 6) is -0.0317. The number of benzene rings is 1. The predicted molar refractivity (Wildman–Crippen MR) is 121 cm³/mol. The van der Waals surface area contributed by atoms with Crippen molar-refractivity contribution in [1.82, 2.24) is 14.5 Å². The van der Waals surface area contributed by atoms with Gasteiger partial charge in [-0.15, -0.1) is 0 Å². The minimum absolute atomic E-state index is 0.0711. The molecule has 178 valence electrons. The number of morpholine rings is 1. The summed E-state index contributed by atoms with van der Waals surface area (Å²) in [6, 6.07) is 6.38. The molecule has 1 aromatic rings. The molecule has 0 bridgehead atoms. The van der Waals surface area contributed by atoms with Crippen molar-refractivity contribution in [3.63, 3.8) is 0 Å². The number of amides is 1. The van der Waals surface area contributed by atoms with Crippen LogP contribution in [0, 0.1) is 11.8 Å². The molecule has 0 spiro atoms. The predicted octanol–water partition coefficient (Wildman–Crippen LogP) is 1.59. The minimum Gasteiger partial charge on any atom is -0.381 e. The second-order valence-electron chi connectivity index (χ2n) is 8.74. The van der Waals surface area contributed by atoms with Crippen LogP contribution < -0.4 is 5.32 Å². The van der Waals surface area contributed by atoms with E-state index in [4.69, 9.17) is 21.1 Å². The number of hydrogen-bond donors (Lipinski definition) is 1. The van der Waals surface area contributed by atoms with Crippen LogP contribution in [-0.2, 0) is 24.3 Å². The van der Waals surface area contributed by atoms with Gasteiger partial charge in [-0.2, -0.15) is 4.31 Å². The van der Waals surface area contributed by atoms with E-state index in [2.05, 4.69) is 10.2 Å². The van der Waals surface area contributed by atoms with Crippen LogP contribution in [0.3, 0.4) is 0 Å². The van der Waals surface area contributed by atoms with Gasteiger partial charge < -0.3 is 14.8 Å². The van der Waals surface area contributed by atoms with Gasteiger partial charge in [-0.05, 0) is 43.5 Å². The maximum atomic E-state index is 13.0. The maximum Gasteiger partial charge on any atom is 0.243 e. The fourth-order valence-corrected chi connectivity index (χ4v) is 6.49. The molecule has 3 aliphatic rings. The molecule has 3 saturated heterocycles. The van der Waals surface area contributed by atoms with Crippen molar-refractivity contribution in [3.8, 4) is 0 Å². The van der Waals surface area contributed by atoms with Crippen LogP contribution in [0.15, 0.2) is 29.2 Å². The van der Waals surface area contributed by atoms with Gasteiger partial charge >= 0.3 is 0 Å². The van der Waals surface area contributed by atoms with Crippen molar-refractivity contribution < 1.29 is 22.7 Å². The highest BCUT2D eigenvalue weighted by Crippen LogP contribution is 2.26. The van der Waals surface area contributed by atoms with Crippen molar-refractivity contribution in [1.29, 1.82) is 0 Å². The summed E-state index contributed by atoms with van der Waals surface area (Å²) in [6.45, 7) is 5.77. The standard InChI is InChI=1S/C22H32ClN3O5S/c23-19-3-5-20(6-4-19)32(28,29)26-8-1-2-17(15-26)22(27)24-14-21(18-7-11-31-16-18)25-9-12-30-13-10-25/h3-6,17-18,21H,1-2,7-16H2,(H,24,27). The molecule has 0 aromatic heterocycles. The number of sulfonamides is 1. The van der Waals surface area contributed by atoms with Gasteiger partial charge in [0.25, 0.3) is 0 Å². The molecule has 3 unspecified atom stereocenters. The van der Waals surface area contributed by atoms with E-state index in [1.54, 1.807) is 12.1 Å². The normalized spacial score (nSPS) is 26.7. The van der Waals surface area contributed by atoms with Crippen LogP contribution in [0.25, 0.3) is 0 Å². The Morgan fingerprint density at radius 2 is 1.84 bits per heavy atom. The van der Waals surface area contributed by atoms with E-state index in [1.807, 2.05) is 0 Å². The van der Waals surface area contributed by atoms with Crippen molar-refractivity contribution in [3.05, 3.63) is 29.3 Å². The molecule has 8 nitrogen and oxygen atoms in total. The van der Waals surface area contributed by atoms with Crippen molar-refractivity contribution in [2.75, 3.05) is 59.2 Å². The fourth-order valence-electron chi connectivity index (χ4n) is 4.84. The second-order valence-corrected chi connectivity index (χ2v) is 11.1. The molecule has 32 heavy (non-hydrogen) atoms. The highest BCUT2D eigenvalue weighted by atomic mass is 35.5. The number of hydrogen-bond acceptors (Lipinski definition) is 6. The average Bonchev–Trinajstić information content (AvgIpc) is 3.35. The first kappa shape index (κ1) is 23.9. The molecule has 10 heteroatoms. The lowest BCUT2D eigenvalue weighted by molar-refractivity contribution is -0.126. The Hall–Kier alpha value is -1.23. The van der Waals surface area contributed by atoms with Gasteiger partial charge in [0.15, 0.2) is 0 Å². The first-order valence-electron chi connectivity index (χ1n) is 11.4. The third kappa shape index (κ3) is 5.63. The lowest BCUT2D eigenvalue weighted by Crippen LogP contribution is -2.53. The molecule has 0 aliphatic carbocycles. The smallest absolute Gasteiger partial charge is 0.243 e. The van der Waals surface area contributed by atoms with E-state index in [9.17, 15) is 13.2 Å². The summed E-state index contributed by atoms with van der Waals surface area (Å²) >= 11 is 5.90. The van der Waals surface area contributed by atoms with E-state index in [0.29, 0.717) is 56.7 Å². The molecular formula is C22H32ClN3O5S. The van der Waals surface area contributed by atoms with Crippen molar-refractivity contribution in [2.45, 2.75) is 30.2 Å². The zero-order chi connectivity index (χ0) is 22.6. The molecule has 3 aliphatic heterocycles. The van der Waals surface area contributed by atoms with E-state index >= 15 is 0 Å². The molecular weight excluding hydrogens is 454 g/mol. The van der Waals surface area contributed by atoms with Gasteiger partial charge in [0.2, 0.25) is 15.9 Å². The molecule has 4 rings (SSSR count). The van der Waals surface area contributed by atoms with Gasteiger partial charge in [0.1, 0.15) is 0 Å². The van der Waals surface area contributed by atoms with Gasteiger partial charge in [-0.1, -0.05) is 11.6 Å². The van der Waals surface area contributed by atoms with E-state index < -0.39 is 10.0 Å². The quantitative estimate of drug-likeness (QED) is 0.631. The van der Waals surface area contributed by atoms with Crippen LogP contribution in [0.5, 0.6) is 0 Å². The van der Waals surface area contributed by atoms with Crippen molar-refractivity contribution >= 4 is 27.5 Å². The Labute approximate surface area is 195 Å². The van der Waals surface area contributed by atoms with E-state index in [-0.39, 0.29) is 29.3 Å². The highest BCUT2D eigenvalue weighted by molar-refractivity contribution is 7.89. The first-order chi connectivity index (χ1) is 15.4. The fraction of sp³-hybridized carbons (Fsp3) is 0.682. The third-order valence-electron chi connectivity index (χ3n) is 6.72. The first-order valence-corrected chi connectivity index (χ1v) is 13.2. The number of nitrogens with zero attached hydrogens (tertiary/aromatic N) is 2. The van der Waals surface area contributed by atoms with Gasteiger partial charge in [0.05, 0.1) is 30.6 Å². The number of piperidine rings is 1. The maximum absolute atomic E-state index is 13.0. The lowest BCUT2D eigenvalue weighted by Gasteiger charge is -2.38. The third-order valence-corrected chi connectivity index (χ3v) is 8.85. The number of nitrogens with one attached hydrogen (secondary N) is 1. The van der Waals surface area contributed by atoms with Crippen molar-refractivity contribution in [2.24, 2.45) is 11.8 Å². The number of rotatable bonds is 7. The van der Waals surface area contributed by atoms with Gasteiger partial charge in [-0.3, -0.25) is 9.69 Å². The van der Waals surface area contributed by atoms with Gasteiger partial charge in [0, 0.05) is 56.3 Å². The average molecular weight is 486 g/mol. The Bertz CT molecular complexity index is 870. The van der Waals surface area contributed by atoms with E-state index in [0.717, 1.165) is 26.1 Å². The van der Waals surface area contributed by atoms with Crippen LogP contribution in [-0.4, -0.2) is 88.7 Å². The molecule has 0 saturated carbocycles. The minimum atomic E-state index is -3.65. The Morgan fingerprint density at radius 3 is 2.53 bits per heavy atom. The molecule has 0 radical (unpaired) electrons. The molecule has 1 N–H and O–H groups in total. The molecule has 1 amide bonds. The molecule has 3 fully saturated rings. The second kappa shape index (κ2) is 10.8. The van der Waals surface area contributed by atoms with E-state index in [1.165, 1.54) is 16.4 Å². The summed E-state index contributed by atoms with van der Waals surface area (Å²) in [7, 11) is -3.65.